The Hall–Kier alpha value is -1.91. The highest BCUT2D eigenvalue weighted by molar-refractivity contribution is 7.89. The van der Waals surface area contributed by atoms with Gasteiger partial charge in [-0.1, -0.05) is 19.1 Å². The topological polar surface area (TPSA) is 98.5 Å². The first-order valence-corrected chi connectivity index (χ1v) is 7.00. The Bertz CT molecular complexity index is 619. The van der Waals surface area contributed by atoms with Crippen LogP contribution in [0.3, 0.4) is 0 Å². The third-order valence-electron chi connectivity index (χ3n) is 2.78. The Morgan fingerprint density at radius 1 is 1.47 bits per heavy atom. The van der Waals surface area contributed by atoms with Gasteiger partial charge < -0.3 is 5.11 Å². The summed E-state index contributed by atoms with van der Waals surface area (Å²) in [4.78, 5) is 10.9. The van der Waals surface area contributed by atoms with Crippen molar-refractivity contribution in [2.75, 3.05) is 7.05 Å². The number of sulfonamides is 1. The zero-order chi connectivity index (χ0) is 14.6. The van der Waals surface area contributed by atoms with Crippen molar-refractivity contribution in [3.8, 4) is 6.07 Å². The molecule has 0 aliphatic rings. The predicted octanol–water partition coefficient (Wildman–Crippen LogP) is 1.04. The summed E-state index contributed by atoms with van der Waals surface area (Å²) in [6, 6.07) is 6.34. The van der Waals surface area contributed by atoms with E-state index in [0.29, 0.717) is 0 Å². The Morgan fingerprint density at radius 3 is 2.53 bits per heavy atom. The molecule has 0 aromatic heterocycles. The number of carbonyl (C=O) groups is 1. The largest absolute Gasteiger partial charge is 0.480 e. The third kappa shape index (κ3) is 2.92. The van der Waals surface area contributed by atoms with E-state index in [9.17, 15) is 13.2 Å². The molecule has 1 aromatic rings. The van der Waals surface area contributed by atoms with Crippen molar-refractivity contribution in [2.24, 2.45) is 0 Å². The minimum atomic E-state index is -4.01. The minimum absolute atomic E-state index is 0.00501. The molecule has 1 rings (SSSR count). The Labute approximate surface area is 111 Å². The van der Waals surface area contributed by atoms with Crippen molar-refractivity contribution in [3.05, 3.63) is 29.8 Å². The Balaban J connectivity index is 3.32. The summed E-state index contributed by atoms with van der Waals surface area (Å²) in [5, 5.41) is 17.9. The second-order valence-corrected chi connectivity index (χ2v) is 5.86. The summed E-state index contributed by atoms with van der Waals surface area (Å²) in [6.07, 6.45) is 0.139. The molecule has 1 unspecified atom stereocenters. The highest BCUT2D eigenvalue weighted by Gasteiger charge is 2.32. The molecule has 0 saturated heterocycles. The van der Waals surface area contributed by atoms with Crippen molar-refractivity contribution in [2.45, 2.75) is 24.3 Å². The van der Waals surface area contributed by atoms with Crippen molar-refractivity contribution in [1.29, 1.82) is 5.26 Å². The monoisotopic (exact) mass is 282 g/mol. The molecule has 7 heteroatoms. The zero-order valence-electron chi connectivity index (χ0n) is 10.6. The van der Waals surface area contributed by atoms with Crippen LogP contribution in [-0.2, 0) is 14.8 Å². The van der Waals surface area contributed by atoms with Gasteiger partial charge in [0.1, 0.15) is 12.1 Å². The molecule has 0 fully saturated rings. The summed E-state index contributed by atoms with van der Waals surface area (Å²) in [6.45, 7) is 1.58. The molecule has 1 N–H and O–H groups in total. The van der Waals surface area contributed by atoms with E-state index < -0.39 is 22.0 Å². The van der Waals surface area contributed by atoms with Gasteiger partial charge in [0.15, 0.2) is 0 Å². The second kappa shape index (κ2) is 5.82. The Kier molecular flexibility index (Phi) is 4.64. The normalized spacial score (nSPS) is 12.9. The molecule has 1 aromatic carbocycles. The van der Waals surface area contributed by atoms with Gasteiger partial charge in [0.2, 0.25) is 10.0 Å². The summed E-state index contributed by atoms with van der Waals surface area (Å²) in [7, 11) is -2.81. The molecule has 102 valence electrons. The standard InChI is InChI=1S/C12H14N2O4S/c1-3-10(12(15)16)14(2)19(17,18)11-7-5-4-6-9(11)8-13/h4-7,10H,3H2,1-2H3,(H,15,16). The molecule has 0 saturated carbocycles. The molecule has 6 nitrogen and oxygen atoms in total. The summed E-state index contributed by atoms with van der Waals surface area (Å²) in [5.41, 5.74) is -0.00501. The van der Waals surface area contributed by atoms with Crippen LogP contribution in [0.1, 0.15) is 18.9 Å². The van der Waals surface area contributed by atoms with E-state index in [-0.39, 0.29) is 16.9 Å². The van der Waals surface area contributed by atoms with Crippen LogP contribution >= 0.6 is 0 Å². The maximum absolute atomic E-state index is 12.3. The van der Waals surface area contributed by atoms with Crippen LogP contribution in [0.15, 0.2) is 29.2 Å². The summed E-state index contributed by atoms with van der Waals surface area (Å²) >= 11 is 0. The summed E-state index contributed by atoms with van der Waals surface area (Å²) in [5.74, 6) is -1.22. The number of carboxylic acid groups (broad SMARTS) is 1. The van der Waals surface area contributed by atoms with E-state index in [4.69, 9.17) is 10.4 Å². The lowest BCUT2D eigenvalue weighted by Gasteiger charge is -2.23. The van der Waals surface area contributed by atoms with Crippen molar-refractivity contribution < 1.29 is 18.3 Å². The number of carboxylic acids is 1. The fourth-order valence-corrected chi connectivity index (χ4v) is 3.22. The second-order valence-electron chi connectivity index (χ2n) is 3.89. The predicted molar refractivity (Wildman–Crippen MR) is 67.8 cm³/mol. The van der Waals surface area contributed by atoms with Gasteiger partial charge in [0, 0.05) is 7.05 Å². The van der Waals surface area contributed by atoms with E-state index in [1.807, 2.05) is 0 Å². The van der Waals surface area contributed by atoms with Crippen molar-refractivity contribution in [3.63, 3.8) is 0 Å². The number of nitriles is 1. The van der Waals surface area contributed by atoms with Gasteiger partial charge >= 0.3 is 5.97 Å². The van der Waals surface area contributed by atoms with E-state index in [1.165, 1.54) is 25.2 Å². The van der Waals surface area contributed by atoms with Gasteiger partial charge in [-0.3, -0.25) is 4.79 Å². The number of hydrogen-bond donors (Lipinski definition) is 1. The van der Waals surface area contributed by atoms with Gasteiger partial charge in [0.05, 0.1) is 10.5 Å². The van der Waals surface area contributed by atoms with E-state index in [1.54, 1.807) is 19.1 Å². The quantitative estimate of drug-likeness (QED) is 0.870. The molecular formula is C12H14N2O4S. The molecule has 0 spiro atoms. The van der Waals surface area contributed by atoms with Crippen LogP contribution in [0, 0.1) is 11.3 Å². The number of hydrogen-bond acceptors (Lipinski definition) is 4. The first kappa shape index (κ1) is 15.1. The fraction of sp³-hybridized carbons (Fsp3) is 0.333. The first-order valence-electron chi connectivity index (χ1n) is 5.56. The molecule has 1 atom stereocenters. The minimum Gasteiger partial charge on any atom is -0.480 e. The molecule has 0 amide bonds. The lowest BCUT2D eigenvalue weighted by atomic mass is 10.2. The van der Waals surface area contributed by atoms with Crippen molar-refractivity contribution >= 4 is 16.0 Å². The average Bonchev–Trinajstić information content (AvgIpc) is 2.38. The van der Waals surface area contributed by atoms with E-state index in [2.05, 4.69) is 0 Å². The average molecular weight is 282 g/mol. The number of benzene rings is 1. The molecule has 0 aliphatic carbocycles. The lowest BCUT2D eigenvalue weighted by molar-refractivity contribution is -0.141. The zero-order valence-corrected chi connectivity index (χ0v) is 11.4. The maximum Gasteiger partial charge on any atom is 0.321 e. The van der Waals surface area contributed by atoms with Crippen LogP contribution in [0.2, 0.25) is 0 Å². The van der Waals surface area contributed by atoms with Crippen LogP contribution in [0.4, 0.5) is 0 Å². The maximum atomic E-state index is 12.3. The lowest BCUT2D eigenvalue weighted by Crippen LogP contribution is -2.42. The molecule has 19 heavy (non-hydrogen) atoms. The van der Waals surface area contributed by atoms with Crippen LogP contribution in [0.5, 0.6) is 0 Å². The van der Waals surface area contributed by atoms with Crippen molar-refractivity contribution in [1.82, 2.24) is 4.31 Å². The molecule has 0 aliphatic heterocycles. The van der Waals surface area contributed by atoms with Crippen LogP contribution in [0.25, 0.3) is 0 Å². The number of nitrogens with zero attached hydrogens (tertiary/aromatic N) is 2. The number of aliphatic carboxylic acids is 1. The van der Waals surface area contributed by atoms with Gasteiger partial charge in [-0.2, -0.15) is 9.57 Å². The van der Waals surface area contributed by atoms with E-state index >= 15 is 0 Å². The van der Waals surface area contributed by atoms with E-state index in [0.717, 1.165) is 4.31 Å². The van der Waals surface area contributed by atoms with Gasteiger partial charge in [-0.05, 0) is 18.6 Å². The van der Waals surface area contributed by atoms with Gasteiger partial charge in [-0.25, -0.2) is 8.42 Å². The smallest absolute Gasteiger partial charge is 0.321 e. The van der Waals surface area contributed by atoms with Crippen LogP contribution in [-0.4, -0.2) is 36.9 Å². The molecule has 0 radical (unpaired) electrons. The number of rotatable bonds is 5. The highest BCUT2D eigenvalue weighted by atomic mass is 32.2. The van der Waals surface area contributed by atoms with Gasteiger partial charge in [-0.15, -0.1) is 0 Å². The fourth-order valence-electron chi connectivity index (χ4n) is 1.69. The highest BCUT2D eigenvalue weighted by Crippen LogP contribution is 2.21. The molecule has 0 heterocycles. The van der Waals surface area contributed by atoms with Gasteiger partial charge in [0.25, 0.3) is 0 Å². The number of likely N-dealkylation sites (N-methyl/N-ethyl adjacent to an activating group) is 1. The van der Waals surface area contributed by atoms with Crippen LogP contribution < -0.4 is 0 Å². The summed E-state index contributed by atoms with van der Waals surface area (Å²) < 4.78 is 25.4. The SMILES string of the molecule is CCC(C(=O)O)N(C)S(=O)(=O)c1ccccc1C#N. The first-order chi connectivity index (χ1) is 8.86. The molecular weight excluding hydrogens is 268 g/mol. The molecule has 0 bridgehead atoms. The third-order valence-corrected chi connectivity index (χ3v) is 4.70. The Morgan fingerprint density at radius 2 is 2.05 bits per heavy atom.